The maximum absolute atomic E-state index is 12.5. The molecule has 1 aliphatic rings. The van der Waals surface area contributed by atoms with Crippen LogP contribution in [0.3, 0.4) is 0 Å². The first-order valence-corrected chi connectivity index (χ1v) is 7.72. The van der Waals surface area contributed by atoms with Crippen LogP contribution in [0, 0.1) is 0 Å². The Kier molecular flexibility index (Phi) is 3.33. The fraction of sp³-hybridized carbons (Fsp3) is 0.474. The van der Waals surface area contributed by atoms with Gasteiger partial charge in [0.15, 0.2) is 0 Å². The molecule has 0 aromatic heterocycles. The second-order valence-corrected chi connectivity index (χ2v) is 6.62. The van der Waals surface area contributed by atoms with E-state index >= 15 is 0 Å². The summed E-state index contributed by atoms with van der Waals surface area (Å²) in [7, 11) is 0. The zero-order chi connectivity index (χ0) is 22.9. The minimum absolute atomic E-state index is 0.0298. The Balaban J connectivity index is 2.13. The van der Waals surface area contributed by atoms with Gasteiger partial charge in [0.2, 0.25) is 0 Å². The van der Waals surface area contributed by atoms with Crippen LogP contribution in [0.25, 0.3) is 5.57 Å². The zero-order valence-corrected chi connectivity index (χ0v) is 14.1. The van der Waals surface area contributed by atoms with Crippen molar-refractivity contribution in [2.24, 2.45) is 0 Å². The molecule has 1 aromatic carbocycles. The van der Waals surface area contributed by atoms with Crippen molar-refractivity contribution in [3.63, 3.8) is 0 Å². The first-order valence-electron chi connectivity index (χ1n) is 10.7. The summed E-state index contributed by atoms with van der Waals surface area (Å²) in [6.45, 7) is 0.107. The summed E-state index contributed by atoms with van der Waals surface area (Å²) >= 11 is 0. The molecule has 130 valence electrons. The van der Waals surface area contributed by atoms with Gasteiger partial charge in [-0.2, -0.15) is 0 Å². The number of ether oxygens (including phenoxy) is 1. The third-order valence-electron chi connectivity index (χ3n) is 3.57. The molecular formula is C19H26N2O3. The molecule has 0 bridgehead atoms. The maximum atomic E-state index is 12.5. The van der Waals surface area contributed by atoms with Crippen LogP contribution in [0.4, 0.5) is 4.79 Å². The number of benzene rings is 1. The Morgan fingerprint density at radius 1 is 1.21 bits per heavy atom. The summed E-state index contributed by atoms with van der Waals surface area (Å²) in [4.78, 5) is 26.2. The zero-order valence-electron chi connectivity index (χ0n) is 20.1. The molecule has 1 heterocycles. The van der Waals surface area contributed by atoms with E-state index in [2.05, 4.69) is 0 Å². The third-order valence-corrected chi connectivity index (χ3v) is 3.57. The van der Waals surface area contributed by atoms with Gasteiger partial charge in [-0.25, -0.2) is 4.79 Å². The van der Waals surface area contributed by atoms with Gasteiger partial charge in [-0.1, -0.05) is 18.2 Å². The highest BCUT2D eigenvalue weighted by Gasteiger charge is 2.23. The van der Waals surface area contributed by atoms with Crippen molar-refractivity contribution < 1.29 is 22.6 Å². The van der Waals surface area contributed by atoms with Crippen molar-refractivity contribution in [3.05, 3.63) is 41.5 Å². The monoisotopic (exact) mass is 336 g/mol. The molecular weight excluding hydrogens is 304 g/mol. The van der Waals surface area contributed by atoms with E-state index in [4.69, 9.17) is 13.0 Å². The van der Waals surface area contributed by atoms with Gasteiger partial charge in [0, 0.05) is 40.8 Å². The molecule has 2 rings (SSSR count). The first kappa shape index (κ1) is 11.3. The van der Waals surface area contributed by atoms with Crippen molar-refractivity contribution in [3.8, 4) is 0 Å². The minimum Gasteiger partial charge on any atom is -0.444 e. The van der Waals surface area contributed by atoms with Crippen LogP contribution in [0.2, 0.25) is 0 Å². The standard InChI is InChI=1S/C19H26N2O3/c1-19(2,3)24-18(23)21-12-10-15(11-13-21)14-6-8-16(9-7-14)17(22)20(4)5/h6-10H,11-13H2,1-5H3/i4D3,5D3. The van der Waals surface area contributed by atoms with E-state index < -0.39 is 25.5 Å². The van der Waals surface area contributed by atoms with Crippen LogP contribution in [0.1, 0.15) is 51.3 Å². The molecule has 2 amide bonds. The van der Waals surface area contributed by atoms with Gasteiger partial charge in [0.05, 0.1) is 0 Å². The molecule has 1 aliphatic heterocycles. The quantitative estimate of drug-likeness (QED) is 0.831. The Morgan fingerprint density at radius 3 is 2.38 bits per heavy atom. The second kappa shape index (κ2) is 7.07. The molecule has 0 fully saturated rings. The number of carbonyl (C=O) groups excluding carboxylic acids is 2. The number of carbonyl (C=O) groups is 2. The summed E-state index contributed by atoms with van der Waals surface area (Å²) < 4.78 is 49.5. The molecule has 0 atom stereocenters. The lowest BCUT2D eigenvalue weighted by molar-refractivity contribution is 0.0270. The van der Waals surface area contributed by atoms with E-state index in [0.29, 0.717) is 19.5 Å². The summed E-state index contributed by atoms with van der Waals surface area (Å²) in [5.74, 6) is -1.09. The van der Waals surface area contributed by atoms with Gasteiger partial charge >= 0.3 is 6.09 Å². The average molecular weight is 336 g/mol. The largest absolute Gasteiger partial charge is 0.444 e. The van der Waals surface area contributed by atoms with E-state index in [1.54, 1.807) is 37.8 Å². The van der Waals surface area contributed by atoms with Gasteiger partial charge < -0.3 is 14.5 Å². The van der Waals surface area contributed by atoms with E-state index in [1.165, 1.54) is 12.1 Å². The Labute approximate surface area is 152 Å². The molecule has 0 radical (unpaired) electrons. The van der Waals surface area contributed by atoms with Crippen LogP contribution >= 0.6 is 0 Å². The van der Waals surface area contributed by atoms with Crippen LogP contribution in [0.15, 0.2) is 30.3 Å². The van der Waals surface area contributed by atoms with Gasteiger partial charge in [0.25, 0.3) is 5.91 Å². The summed E-state index contributed by atoms with van der Waals surface area (Å²) in [6, 6.07) is 6.09. The van der Waals surface area contributed by atoms with Crippen LogP contribution in [0.5, 0.6) is 0 Å². The van der Waals surface area contributed by atoms with Crippen LogP contribution < -0.4 is 0 Å². The fourth-order valence-electron chi connectivity index (χ4n) is 2.38. The summed E-state index contributed by atoms with van der Waals surface area (Å²) in [5, 5.41) is 0. The van der Waals surface area contributed by atoms with Crippen molar-refractivity contribution in [1.82, 2.24) is 9.80 Å². The molecule has 5 nitrogen and oxygen atoms in total. The van der Waals surface area contributed by atoms with Crippen LogP contribution in [-0.4, -0.2) is 54.4 Å². The molecule has 0 unspecified atom stereocenters. The van der Waals surface area contributed by atoms with Crippen LogP contribution in [-0.2, 0) is 4.74 Å². The molecule has 0 saturated carbocycles. The van der Waals surface area contributed by atoms with Gasteiger partial charge in [0.1, 0.15) is 5.60 Å². The highest BCUT2D eigenvalue weighted by Crippen LogP contribution is 2.24. The highest BCUT2D eigenvalue weighted by molar-refractivity contribution is 5.94. The molecule has 1 aromatic rings. The van der Waals surface area contributed by atoms with Gasteiger partial charge in [-0.15, -0.1) is 0 Å². The SMILES string of the molecule is [2H]C([2H])([2H])N(C(=O)c1ccc(C2=CCN(C(=O)OC(C)(C)C)CC2)cc1)C([2H])([2H])[2H]. The second-order valence-electron chi connectivity index (χ2n) is 6.62. The van der Waals surface area contributed by atoms with Crippen molar-refractivity contribution in [2.75, 3.05) is 27.0 Å². The fourth-order valence-corrected chi connectivity index (χ4v) is 2.38. The van der Waals surface area contributed by atoms with Crippen molar-refractivity contribution >= 4 is 17.6 Å². The number of hydrogen-bond donors (Lipinski definition) is 0. The van der Waals surface area contributed by atoms with Crippen molar-refractivity contribution in [1.29, 1.82) is 0 Å². The molecule has 0 saturated heterocycles. The maximum Gasteiger partial charge on any atom is 0.410 e. The van der Waals surface area contributed by atoms with Gasteiger partial charge in [-0.3, -0.25) is 4.79 Å². The lowest BCUT2D eigenvalue weighted by Gasteiger charge is -2.29. The molecule has 5 heteroatoms. The Morgan fingerprint density at radius 2 is 1.88 bits per heavy atom. The lowest BCUT2D eigenvalue weighted by atomic mass is 9.98. The molecule has 24 heavy (non-hydrogen) atoms. The van der Waals surface area contributed by atoms with E-state index in [1.807, 2.05) is 6.08 Å². The predicted molar refractivity (Wildman–Crippen MR) is 94.9 cm³/mol. The first-order chi connectivity index (χ1) is 13.6. The lowest BCUT2D eigenvalue weighted by Crippen LogP contribution is -2.39. The topological polar surface area (TPSA) is 49.9 Å². The number of rotatable bonds is 2. The highest BCUT2D eigenvalue weighted by atomic mass is 16.6. The summed E-state index contributed by atoms with van der Waals surface area (Å²) in [6.07, 6.45) is 2.10. The Hall–Kier alpha value is -2.30. The number of amides is 2. The molecule has 0 N–H and O–H groups in total. The predicted octanol–water partition coefficient (Wildman–Crippen LogP) is 3.41. The number of hydrogen-bond acceptors (Lipinski definition) is 3. The molecule has 0 spiro atoms. The van der Waals surface area contributed by atoms with E-state index in [0.717, 1.165) is 11.1 Å². The smallest absolute Gasteiger partial charge is 0.410 e. The van der Waals surface area contributed by atoms with Crippen molar-refractivity contribution in [2.45, 2.75) is 32.8 Å². The third kappa shape index (κ3) is 4.60. The number of nitrogens with zero attached hydrogens (tertiary/aromatic N) is 2. The van der Waals surface area contributed by atoms with E-state index in [-0.39, 0.29) is 16.6 Å². The Bertz CT molecular complexity index is 809. The van der Waals surface area contributed by atoms with Gasteiger partial charge in [-0.05, 0) is 50.5 Å². The normalized spacial score (nSPS) is 19.6. The average Bonchev–Trinajstić information content (AvgIpc) is 2.58. The molecule has 0 aliphatic carbocycles. The minimum atomic E-state index is -3.09. The van der Waals surface area contributed by atoms with E-state index in [9.17, 15) is 9.59 Å². The summed E-state index contributed by atoms with van der Waals surface area (Å²) in [5.41, 5.74) is 1.18.